The van der Waals surface area contributed by atoms with Crippen molar-refractivity contribution in [3.05, 3.63) is 12.7 Å². The van der Waals surface area contributed by atoms with Gasteiger partial charge in [0.05, 0.1) is 6.61 Å². The topological polar surface area (TPSA) is 9.23 Å². The van der Waals surface area contributed by atoms with Crippen LogP contribution in [0.25, 0.3) is 0 Å². The Bertz CT molecular complexity index is 139. The van der Waals surface area contributed by atoms with E-state index in [1.54, 1.807) is 0 Å². The maximum absolute atomic E-state index is 5.55. The molecule has 0 aromatic carbocycles. The average Bonchev–Trinajstić information content (AvgIpc) is 2.06. The average molecular weight is 200 g/mol. The molecule has 1 nitrogen and oxygen atoms in total. The Kier molecular flexibility index (Phi) is 6.34. The maximum atomic E-state index is 5.55. The third kappa shape index (κ3) is 4.63. The minimum absolute atomic E-state index is 0.437. The van der Waals surface area contributed by atoms with Gasteiger partial charge in [-0.15, -0.1) is 6.58 Å². The Morgan fingerprint density at radius 3 is 2.23 bits per heavy atom. The summed E-state index contributed by atoms with van der Waals surface area (Å²) in [7, 11) is -0.603. The maximum Gasteiger partial charge on any atom is 0.0644 e. The van der Waals surface area contributed by atoms with Gasteiger partial charge in [0.25, 0.3) is 0 Å². The Hall–Kier alpha value is -0.0831. The first-order valence-corrected chi connectivity index (χ1v) is 7.48. The Morgan fingerprint density at radius 1 is 1.31 bits per heavy atom. The Morgan fingerprint density at radius 2 is 1.85 bits per heavy atom. The van der Waals surface area contributed by atoms with Crippen molar-refractivity contribution >= 4 is 8.80 Å². The van der Waals surface area contributed by atoms with Crippen LogP contribution >= 0.6 is 0 Å². The molecule has 0 amide bonds. The van der Waals surface area contributed by atoms with Gasteiger partial charge < -0.3 is 4.74 Å². The highest BCUT2D eigenvalue weighted by Crippen LogP contribution is 2.32. The number of hydrogen-bond donors (Lipinski definition) is 0. The molecule has 0 radical (unpaired) electrons. The van der Waals surface area contributed by atoms with Gasteiger partial charge in [0.15, 0.2) is 0 Å². The van der Waals surface area contributed by atoms with E-state index in [9.17, 15) is 0 Å². The SMILES string of the molecule is C=CCOCC(C)(C)[SiH](CC)CC. The second-order valence-electron chi connectivity index (χ2n) is 4.31. The van der Waals surface area contributed by atoms with Crippen LogP contribution in [-0.4, -0.2) is 22.0 Å². The molecule has 13 heavy (non-hydrogen) atoms. The molecule has 0 N–H and O–H groups in total. The molecule has 0 aliphatic carbocycles. The molecule has 0 bridgehead atoms. The van der Waals surface area contributed by atoms with E-state index in [0.717, 1.165) is 6.61 Å². The molecule has 0 spiro atoms. The molecule has 0 rings (SSSR count). The molecule has 0 saturated carbocycles. The van der Waals surface area contributed by atoms with Gasteiger partial charge in [0.1, 0.15) is 0 Å². The predicted molar refractivity (Wildman–Crippen MR) is 63.2 cm³/mol. The first kappa shape index (κ1) is 12.9. The highest BCUT2D eigenvalue weighted by molar-refractivity contribution is 6.62. The summed E-state index contributed by atoms with van der Waals surface area (Å²) in [6, 6.07) is 2.75. The molecular weight excluding hydrogens is 176 g/mol. The first-order chi connectivity index (χ1) is 6.08. The van der Waals surface area contributed by atoms with Crippen LogP contribution in [0.15, 0.2) is 12.7 Å². The lowest BCUT2D eigenvalue weighted by molar-refractivity contribution is 0.138. The zero-order valence-corrected chi connectivity index (χ0v) is 10.8. The normalized spacial score (nSPS) is 12.1. The van der Waals surface area contributed by atoms with Crippen molar-refractivity contribution in [1.29, 1.82) is 0 Å². The summed E-state index contributed by atoms with van der Waals surface area (Å²) < 4.78 is 5.55. The predicted octanol–water partition coefficient (Wildman–Crippen LogP) is 3.24. The van der Waals surface area contributed by atoms with E-state index >= 15 is 0 Å². The lowest BCUT2D eigenvalue weighted by Crippen LogP contribution is -2.30. The summed E-state index contributed by atoms with van der Waals surface area (Å²) in [5.74, 6) is 0. The van der Waals surface area contributed by atoms with Crippen molar-refractivity contribution in [2.24, 2.45) is 0 Å². The molecule has 0 aromatic rings. The van der Waals surface area contributed by atoms with Gasteiger partial charge in [-0.2, -0.15) is 0 Å². The molecule has 0 atom stereocenters. The Balaban J connectivity index is 3.95. The lowest BCUT2D eigenvalue weighted by atomic mass is 10.2. The monoisotopic (exact) mass is 200 g/mol. The van der Waals surface area contributed by atoms with Gasteiger partial charge in [-0.1, -0.05) is 45.9 Å². The Labute approximate surface area is 84.8 Å². The van der Waals surface area contributed by atoms with Crippen LogP contribution in [0.3, 0.4) is 0 Å². The fraction of sp³-hybridized carbons (Fsp3) is 0.818. The van der Waals surface area contributed by atoms with Crippen molar-refractivity contribution in [3.63, 3.8) is 0 Å². The zero-order valence-electron chi connectivity index (χ0n) is 9.60. The molecule has 0 fully saturated rings. The van der Waals surface area contributed by atoms with Crippen molar-refractivity contribution in [2.45, 2.75) is 44.8 Å². The molecule has 0 aliphatic heterocycles. The molecule has 0 heterocycles. The molecule has 2 heteroatoms. The van der Waals surface area contributed by atoms with Crippen LogP contribution in [-0.2, 0) is 4.74 Å². The molecule has 0 unspecified atom stereocenters. The van der Waals surface area contributed by atoms with Crippen LogP contribution in [0, 0.1) is 0 Å². The standard InChI is InChI=1S/C11H24OSi/c1-6-9-12-10-11(4,5)13(7-2)8-3/h6,13H,1,7-10H2,2-5H3. The third-order valence-electron chi connectivity index (χ3n) is 2.80. The van der Waals surface area contributed by atoms with E-state index in [1.165, 1.54) is 12.1 Å². The number of hydrogen-bond acceptors (Lipinski definition) is 1. The lowest BCUT2D eigenvalue weighted by Gasteiger charge is -2.31. The van der Waals surface area contributed by atoms with Crippen LogP contribution in [0.2, 0.25) is 17.1 Å². The molecule has 0 aromatic heterocycles. The summed E-state index contributed by atoms with van der Waals surface area (Å²) >= 11 is 0. The van der Waals surface area contributed by atoms with Crippen LogP contribution in [0.4, 0.5) is 0 Å². The van der Waals surface area contributed by atoms with Crippen LogP contribution < -0.4 is 0 Å². The van der Waals surface area contributed by atoms with E-state index in [0.29, 0.717) is 11.6 Å². The van der Waals surface area contributed by atoms with Gasteiger partial charge in [0, 0.05) is 15.4 Å². The second-order valence-corrected chi connectivity index (χ2v) is 8.90. The smallest absolute Gasteiger partial charge is 0.0644 e. The largest absolute Gasteiger partial charge is 0.377 e. The molecular formula is C11H24OSi. The van der Waals surface area contributed by atoms with Crippen LogP contribution in [0.5, 0.6) is 0 Å². The summed E-state index contributed by atoms with van der Waals surface area (Å²) in [6.45, 7) is 14.6. The van der Waals surface area contributed by atoms with Crippen molar-refractivity contribution in [2.75, 3.05) is 13.2 Å². The van der Waals surface area contributed by atoms with Gasteiger partial charge in [-0.3, -0.25) is 0 Å². The van der Waals surface area contributed by atoms with Crippen LogP contribution in [0.1, 0.15) is 27.7 Å². The fourth-order valence-corrected chi connectivity index (χ4v) is 5.06. The van der Waals surface area contributed by atoms with E-state index in [4.69, 9.17) is 4.74 Å². The molecule has 0 aliphatic rings. The van der Waals surface area contributed by atoms with Gasteiger partial charge in [-0.25, -0.2) is 0 Å². The van der Waals surface area contributed by atoms with Crippen molar-refractivity contribution in [1.82, 2.24) is 0 Å². The van der Waals surface area contributed by atoms with Crippen molar-refractivity contribution in [3.8, 4) is 0 Å². The van der Waals surface area contributed by atoms with E-state index < -0.39 is 8.80 Å². The summed E-state index contributed by atoms with van der Waals surface area (Å²) in [4.78, 5) is 0. The summed E-state index contributed by atoms with van der Waals surface area (Å²) in [5.41, 5.74) is 0. The van der Waals surface area contributed by atoms with Gasteiger partial charge in [-0.05, 0) is 5.04 Å². The van der Waals surface area contributed by atoms with Gasteiger partial charge in [0.2, 0.25) is 0 Å². The fourth-order valence-electron chi connectivity index (χ4n) is 1.92. The molecule has 78 valence electrons. The minimum atomic E-state index is -0.603. The number of rotatable bonds is 7. The van der Waals surface area contributed by atoms with E-state index in [1.807, 2.05) is 6.08 Å². The molecule has 0 saturated heterocycles. The first-order valence-electron chi connectivity index (χ1n) is 5.27. The third-order valence-corrected chi connectivity index (χ3v) is 7.15. The second kappa shape index (κ2) is 6.38. The minimum Gasteiger partial charge on any atom is -0.377 e. The summed E-state index contributed by atoms with van der Waals surface area (Å²) in [5, 5.41) is 0.437. The van der Waals surface area contributed by atoms with Gasteiger partial charge >= 0.3 is 0 Å². The van der Waals surface area contributed by atoms with Crippen molar-refractivity contribution < 1.29 is 4.74 Å². The summed E-state index contributed by atoms with van der Waals surface area (Å²) in [6.07, 6.45) is 1.82. The highest BCUT2D eigenvalue weighted by atomic mass is 28.3. The quantitative estimate of drug-likeness (QED) is 0.348. The number of ether oxygens (including phenoxy) is 1. The zero-order chi connectivity index (χ0) is 10.3. The van der Waals surface area contributed by atoms with E-state index in [2.05, 4.69) is 34.3 Å². The highest BCUT2D eigenvalue weighted by Gasteiger charge is 2.27. The van der Waals surface area contributed by atoms with E-state index in [-0.39, 0.29) is 0 Å².